The van der Waals surface area contributed by atoms with Gasteiger partial charge in [0.05, 0.1) is 12.7 Å². The lowest BCUT2D eigenvalue weighted by molar-refractivity contribution is -0.116. The smallest absolute Gasteiger partial charge is 0.338 e. The molecule has 0 unspecified atom stereocenters. The minimum atomic E-state index is -0.444. The van der Waals surface area contributed by atoms with Crippen LogP contribution in [0.4, 0.5) is 5.69 Å². The quantitative estimate of drug-likeness (QED) is 0.603. The number of aryl methyl sites for hydroxylation is 3. The maximum Gasteiger partial charge on any atom is 0.338 e. The summed E-state index contributed by atoms with van der Waals surface area (Å²) >= 11 is 1.58. The van der Waals surface area contributed by atoms with Crippen molar-refractivity contribution in [2.24, 2.45) is 0 Å². The molecule has 2 aromatic rings. The third-order valence-electron chi connectivity index (χ3n) is 4.28. The Balaban J connectivity index is 2.04. The molecule has 0 radical (unpaired) electrons. The van der Waals surface area contributed by atoms with Crippen LogP contribution >= 0.6 is 11.3 Å². The number of Topliss-reactive ketones (excluding diaryl/α,β-unsaturated/α-hetero) is 1. The molecule has 1 aromatic carbocycles. The van der Waals surface area contributed by atoms with Gasteiger partial charge in [0.25, 0.3) is 0 Å². The van der Waals surface area contributed by atoms with Crippen molar-refractivity contribution in [2.75, 3.05) is 12.4 Å². The monoisotopic (exact) mass is 373 g/mol. The van der Waals surface area contributed by atoms with Crippen molar-refractivity contribution in [2.45, 2.75) is 40.5 Å². The second kappa shape index (κ2) is 8.27. The number of esters is 1. The highest BCUT2D eigenvalue weighted by Crippen LogP contribution is 2.23. The molecule has 5 nitrogen and oxygen atoms in total. The number of benzene rings is 1. The van der Waals surface area contributed by atoms with Crippen LogP contribution in [0, 0.1) is 27.7 Å². The molecule has 0 spiro atoms. The van der Waals surface area contributed by atoms with Gasteiger partial charge in [-0.15, -0.1) is 11.3 Å². The molecule has 1 amide bonds. The molecule has 1 heterocycles. The average molecular weight is 373 g/mol. The number of ketones is 1. The third kappa shape index (κ3) is 4.58. The SMILES string of the molecule is COC(=O)c1cc(NC(=O)CCC(=O)c2cc(C)sc2C)cc(C)c1C. The van der Waals surface area contributed by atoms with Crippen LogP contribution in [0.25, 0.3) is 0 Å². The van der Waals surface area contributed by atoms with Gasteiger partial charge in [-0.2, -0.15) is 0 Å². The molecular weight excluding hydrogens is 350 g/mol. The van der Waals surface area contributed by atoms with E-state index in [1.807, 2.05) is 33.8 Å². The Morgan fingerprint density at radius 1 is 1.00 bits per heavy atom. The van der Waals surface area contributed by atoms with E-state index in [0.29, 0.717) is 16.8 Å². The lowest BCUT2D eigenvalue weighted by atomic mass is 10.0. The zero-order chi connectivity index (χ0) is 19.4. The molecule has 2 rings (SSSR count). The van der Waals surface area contributed by atoms with Gasteiger partial charge in [-0.3, -0.25) is 9.59 Å². The highest BCUT2D eigenvalue weighted by Gasteiger charge is 2.16. The van der Waals surface area contributed by atoms with Crippen molar-refractivity contribution in [1.82, 2.24) is 0 Å². The Bertz CT molecular complexity index is 867. The van der Waals surface area contributed by atoms with Crippen LogP contribution in [0.3, 0.4) is 0 Å². The first kappa shape index (κ1) is 19.8. The van der Waals surface area contributed by atoms with Crippen LogP contribution in [-0.4, -0.2) is 24.8 Å². The Morgan fingerprint density at radius 3 is 2.27 bits per heavy atom. The highest BCUT2D eigenvalue weighted by atomic mass is 32.1. The third-order valence-corrected chi connectivity index (χ3v) is 5.24. The molecule has 6 heteroatoms. The van der Waals surface area contributed by atoms with Crippen LogP contribution in [0.2, 0.25) is 0 Å². The van der Waals surface area contributed by atoms with Crippen LogP contribution < -0.4 is 5.32 Å². The maximum atomic E-state index is 12.3. The number of carbonyl (C=O) groups is 3. The fourth-order valence-corrected chi connectivity index (χ4v) is 3.69. The van der Waals surface area contributed by atoms with Crippen molar-refractivity contribution >= 4 is 34.7 Å². The van der Waals surface area contributed by atoms with Gasteiger partial charge in [0.15, 0.2) is 5.78 Å². The lowest BCUT2D eigenvalue weighted by Gasteiger charge is -2.12. The van der Waals surface area contributed by atoms with E-state index >= 15 is 0 Å². The van der Waals surface area contributed by atoms with Crippen LogP contribution in [0.1, 0.15) is 54.4 Å². The molecule has 0 saturated carbocycles. The number of carbonyl (C=O) groups excluding carboxylic acids is 3. The average Bonchev–Trinajstić information content (AvgIpc) is 2.93. The normalized spacial score (nSPS) is 10.5. The van der Waals surface area contributed by atoms with Gasteiger partial charge in [-0.25, -0.2) is 4.79 Å². The summed E-state index contributed by atoms with van der Waals surface area (Å²) in [5.41, 5.74) is 3.33. The minimum absolute atomic E-state index is 0.0302. The zero-order valence-electron chi connectivity index (χ0n) is 15.7. The number of nitrogens with one attached hydrogen (secondary N) is 1. The Hall–Kier alpha value is -2.47. The molecule has 138 valence electrons. The van der Waals surface area contributed by atoms with E-state index in [1.54, 1.807) is 23.5 Å². The first-order valence-corrected chi connectivity index (χ1v) is 9.14. The van der Waals surface area contributed by atoms with Crippen molar-refractivity contribution in [3.63, 3.8) is 0 Å². The van der Waals surface area contributed by atoms with E-state index in [4.69, 9.17) is 4.74 Å². The summed E-state index contributed by atoms with van der Waals surface area (Å²) in [4.78, 5) is 38.4. The first-order chi connectivity index (χ1) is 12.2. The van der Waals surface area contributed by atoms with E-state index in [0.717, 1.165) is 20.9 Å². The van der Waals surface area contributed by atoms with Crippen molar-refractivity contribution in [3.8, 4) is 0 Å². The number of anilines is 1. The number of hydrogen-bond donors (Lipinski definition) is 1. The highest BCUT2D eigenvalue weighted by molar-refractivity contribution is 7.12. The van der Waals surface area contributed by atoms with E-state index < -0.39 is 5.97 Å². The first-order valence-electron chi connectivity index (χ1n) is 8.32. The van der Waals surface area contributed by atoms with Gasteiger partial charge in [0, 0.05) is 33.8 Å². The molecular formula is C20H23NO4S. The molecule has 0 atom stereocenters. The van der Waals surface area contributed by atoms with Crippen LogP contribution in [-0.2, 0) is 9.53 Å². The van der Waals surface area contributed by atoms with Crippen molar-refractivity contribution in [1.29, 1.82) is 0 Å². The summed E-state index contributed by atoms with van der Waals surface area (Å²) in [7, 11) is 1.32. The molecule has 0 aliphatic rings. The minimum Gasteiger partial charge on any atom is -0.465 e. The van der Waals surface area contributed by atoms with E-state index in [1.165, 1.54) is 7.11 Å². The number of amides is 1. The fourth-order valence-electron chi connectivity index (χ4n) is 2.75. The van der Waals surface area contributed by atoms with Gasteiger partial charge in [0.2, 0.25) is 5.91 Å². The van der Waals surface area contributed by atoms with Crippen molar-refractivity contribution < 1.29 is 19.1 Å². The predicted octanol–water partition coefficient (Wildman–Crippen LogP) is 4.37. The summed E-state index contributed by atoms with van der Waals surface area (Å²) in [6.45, 7) is 7.56. The fraction of sp³-hybridized carbons (Fsp3) is 0.350. The topological polar surface area (TPSA) is 72.5 Å². The lowest BCUT2D eigenvalue weighted by Crippen LogP contribution is -2.15. The summed E-state index contributed by atoms with van der Waals surface area (Å²) < 4.78 is 4.78. The Labute approximate surface area is 157 Å². The molecule has 0 aliphatic heterocycles. The van der Waals surface area contributed by atoms with Gasteiger partial charge in [-0.1, -0.05) is 0 Å². The van der Waals surface area contributed by atoms with Gasteiger partial charge in [-0.05, 0) is 57.0 Å². The van der Waals surface area contributed by atoms with Gasteiger partial charge in [0.1, 0.15) is 0 Å². The summed E-state index contributed by atoms with van der Waals surface area (Å²) in [5, 5.41) is 2.76. The van der Waals surface area contributed by atoms with E-state index in [2.05, 4.69) is 5.32 Å². The molecule has 0 fully saturated rings. The second-order valence-electron chi connectivity index (χ2n) is 6.26. The van der Waals surface area contributed by atoms with Gasteiger partial charge >= 0.3 is 5.97 Å². The summed E-state index contributed by atoms with van der Waals surface area (Å²) in [5.74, 6) is -0.737. The number of rotatable bonds is 6. The van der Waals surface area contributed by atoms with Crippen LogP contribution in [0.5, 0.6) is 0 Å². The zero-order valence-corrected chi connectivity index (χ0v) is 16.5. The summed E-state index contributed by atoms with van der Waals surface area (Å²) in [6.07, 6.45) is 0.241. The number of thiophene rings is 1. The van der Waals surface area contributed by atoms with Crippen molar-refractivity contribution in [3.05, 3.63) is 50.2 Å². The largest absolute Gasteiger partial charge is 0.465 e. The predicted molar refractivity (Wildman–Crippen MR) is 103 cm³/mol. The second-order valence-corrected chi connectivity index (χ2v) is 7.72. The number of methoxy groups -OCH3 is 1. The summed E-state index contributed by atoms with van der Waals surface area (Å²) in [6, 6.07) is 5.26. The number of hydrogen-bond acceptors (Lipinski definition) is 5. The molecule has 1 aromatic heterocycles. The standard InChI is InChI=1S/C20H23NO4S/c1-11-8-15(10-16(13(11)3)20(24)25-5)21-19(23)7-6-18(22)17-9-12(2)26-14(17)4/h8-10H,6-7H2,1-5H3,(H,21,23). The molecule has 0 aliphatic carbocycles. The van der Waals surface area contributed by atoms with E-state index in [-0.39, 0.29) is 24.5 Å². The molecule has 1 N–H and O–H groups in total. The Kier molecular flexibility index (Phi) is 6.32. The van der Waals surface area contributed by atoms with Crippen LogP contribution in [0.15, 0.2) is 18.2 Å². The molecule has 0 bridgehead atoms. The number of ether oxygens (including phenoxy) is 1. The van der Waals surface area contributed by atoms with Gasteiger partial charge < -0.3 is 10.1 Å². The Morgan fingerprint density at radius 2 is 1.69 bits per heavy atom. The molecule has 0 saturated heterocycles. The molecule has 26 heavy (non-hydrogen) atoms. The maximum absolute atomic E-state index is 12.3. The van der Waals surface area contributed by atoms with E-state index in [9.17, 15) is 14.4 Å².